The number of sulfone groups is 1. The number of benzene rings is 2. The monoisotopic (exact) mass is 383 g/mol. The number of halogens is 1. The zero-order chi connectivity index (χ0) is 19.6. The third-order valence-corrected chi connectivity index (χ3v) is 5.03. The molecule has 0 fully saturated rings. The Morgan fingerprint density at radius 1 is 1.19 bits per heavy atom. The predicted octanol–water partition coefficient (Wildman–Crippen LogP) is 3.71. The maximum Gasteiger partial charge on any atom is 0.151 e. The van der Waals surface area contributed by atoms with Gasteiger partial charge in [-0.15, -0.1) is 0 Å². The van der Waals surface area contributed by atoms with Crippen LogP contribution in [0.3, 0.4) is 0 Å². The quantitative estimate of drug-likeness (QED) is 0.726. The summed E-state index contributed by atoms with van der Waals surface area (Å²) in [4.78, 5) is 4.27. The number of nitriles is 1. The number of nitrogens with zero attached hydrogens (tertiary/aromatic N) is 2. The van der Waals surface area contributed by atoms with Gasteiger partial charge in [0.25, 0.3) is 0 Å². The fourth-order valence-electron chi connectivity index (χ4n) is 2.96. The summed E-state index contributed by atoms with van der Waals surface area (Å²) in [7, 11) is -3.08. The second-order valence-electron chi connectivity index (χ2n) is 6.52. The molecule has 5 nitrogen and oxygen atoms in total. The van der Waals surface area contributed by atoms with Gasteiger partial charge in [-0.3, -0.25) is 4.98 Å². The Kier molecular flexibility index (Phi) is 5.10. The van der Waals surface area contributed by atoms with Gasteiger partial charge >= 0.3 is 0 Å². The van der Waals surface area contributed by atoms with Gasteiger partial charge in [0.1, 0.15) is 11.9 Å². The van der Waals surface area contributed by atoms with Crippen molar-refractivity contribution in [2.24, 2.45) is 0 Å². The summed E-state index contributed by atoms with van der Waals surface area (Å²) in [6.07, 6.45) is 2.67. The average molecular weight is 383 g/mol. The van der Waals surface area contributed by atoms with E-state index in [9.17, 15) is 18.1 Å². The van der Waals surface area contributed by atoms with Crippen LogP contribution in [0.2, 0.25) is 0 Å². The van der Waals surface area contributed by atoms with Crippen LogP contribution < -0.4 is 5.32 Å². The second kappa shape index (κ2) is 7.33. The first-order valence-corrected chi connectivity index (χ1v) is 10.3. The largest absolute Gasteiger partial charge is 0.379 e. The highest BCUT2D eigenvalue weighted by molar-refractivity contribution is 7.89. The third-order valence-electron chi connectivity index (χ3n) is 4.17. The van der Waals surface area contributed by atoms with E-state index in [0.29, 0.717) is 39.8 Å². The Hall–Kier alpha value is -2.98. The summed E-state index contributed by atoms with van der Waals surface area (Å²) in [6.45, 7) is 2.18. The van der Waals surface area contributed by atoms with Crippen molar-refractivity contribution in [1.82, 2.24) is 4.98 Å². The van der Waals surface area contributed by atoms with E-state index < -0.39 is 9.84 Å². The van der Waals surface area contributed by atoms with Gasteiger partial charge in [0.15, 0.2) is 9.84 Å². The van der Waals surface area contributed by atoms with E-state index in [0.717, 1.165) is 5.56 Å². The molecule has 0 amide bonds. The molecule has 0 saturated carbocycles. The van der Waals surface area contributed by atoms with Crippen molar-refractivity contribution in [2.45, 2.75) is 19.2 Å². The van der Waals surface area contributed by atoms with Gasteiger partial charge < -0.3 is 5.32 Å². The Balaban J connectivity index is 1.90. The van der Waals surface area contributed by atoms with Gasteiger partial charge in [-0.25, -0.2) is 12.8 Å². The number of hydrogen-bond acceptors (Lipinski definition) is 5. The molecule has 7 heteroatoms. The molecule has 27 heavy (non-hydrogen) atoms. The number of fused-ring (bicyclic) bond motifs is 1. The minimum absolute atomic E-state index is 0.00711. The molecule has 1 N–H and O–H groups in total. The van der Waals surface area contributed by atoms with E-state index in [2.05, 4.69) is 16.4 Å². The predicted molar refractivity (Wildman–Crippen MR) is 103 cm³/mol. The highest BCUT2D eigenvalue weighted by Crippen LogP contribution is 2.29. The van der Waals surface area contributed by atoms with Gasteiger partial charge in [-0.05, 0) is 35.7 Å². The van der Waals surface area contributed by atoms with Crippen LogP contribution in [0.4, 0.5) is 10.1 Å². The lowest BCUT2D eigenvalue weighted by Crippen LogP contribution is -2.04. The molecule has 0 aliphatic rings. The van der Waals surface area contributed by atoms with Gasteiger partial charge in [0.05, 0.1) is 22.5 Å². The molecule has 0 atom stereocenters. The molecule has 1 aromatic heterocycles. The van der Waals surface area contributed by atoms with E-state index in [-0.39, 0.29) is 11.6 Å². The minimum atomic E-state index is -3.08. The summed E-state index contributed by atoms with van der Waals surface area (Å²) in [5.41, 5.74) is 3.83. The highest BCUT2D eigenvalue weighted by atomic mass is 32.2. The van der Waals surface area contributed by atoms with Crippen LogP contribution >= 0.6 is 0 Å². The SMILES string of the molecule is Cc1cc(F)cc2c(NCc3ccc(CS(C)(=O)=O)cc3)c(C#N)cnc12. The first kappa shape index (κ1) is 18.8. The number of hydrogen-bond donors (Lipinski definition) is 1. The van der Waals surface area contributed by atoms with E-state index in [4.69, 9.17) is 0 Å². The fraction of sp³-hybridized carbons (Fsp3) is 0.200. The lowest BCUT2D eigenvalue weighted by atomic mass is 10.1. The topological polar surface area (TPSA) is 82.9 Å². The third kappa shape index (κ3) is 4.41. The molecule has 0 bridgehead atoms. The van der Waals surface area contributed by atoms with Crippen LogP contribution in [0.5, 0.6) is 0 Å². The van der Waals surface area contributed by atoms with Gasteiger partial charge in [0, 0.05) is 24.4 Å². The van der Waals surface area contributed by atoms with Gasteiger partial charge in [0.2, 0.25) is 0 Å². The second-order valence-corrected chi connectivity index (χ2v) is 8.66. The normalized spacial score (nSPS) is 11.3. The highest BCUT2D eigenvalue weighted by Gasteiger charge is 2.12. The number of rotatable bonds is 5. The lowest BCUT2D eigenvalue weighted by molar-refractivity contribution is 0.601. The standard InChI is InChI=1S/C20H18FN3O2S/c1-13-7-17(21)8-18-19(13)24-11-16(9-22)20(18)23-10-14-3-5-15(6-4-14)12-27(2,25)26/h3-8,11H,10,12H2,1-2H3,(H,23,24). The first-order valence-electron chi connectivity index (χ1n) is 8.25. The van der Waals surface area contributed by atoms with Crippen molar-refractivity contribution >= 4 is 26.4 Å². The molecular formula is C20H18FN3O2S. The summed E-state index contributed by atoms with van der Waals surface area (Å²) in [6, 6.07) is 12.0. The molecule has 0 saturated heterocycles. The lowest BCUT2D eigenvalue weighted by Gasteiger charge is -2.13. The molecule has 0 unspecified atom stereocenters. The van der Waals surface area contributed by atoms with E-state index >= 15 is 0 Å². The molecule has 3 rings (SSSR count). The van der Waals surface area contributed by atoms with Crippen LogP contribution in [-0.2, 0) is 22.1 Å². The van der Waals surface area contributed by atoms with Crippen molar-refractivity contribution < 1.29 is 12.8 Å². The smallest absolute Gasteiger partial charge is 0.151 e. The molecule has 0 aliphatic heterocycles. The van der Waals surface area contributed by atoms with Crippen LogP contribution in [0.25, 0.3) is 10.9 Å². The van der Waals surface area contributed by atoms with Crippen molar-refractivity contribution in [3.63, 3.8) is 0 Å². The zero-order valence-electron chi connectivity index (χ0n) is 15.0. The minimum Gasteiger partial charge on any atom is -0.379 e. The Morgan fingerprint density at radius 3 is 2.48 bits per heavy atom. The Bertz CT molecular complexity index is 1150. The summed E-state index contributed by atoms with van der Waals surface area (Å²) in [5, 5.41) is 13.1. The maximum absolute atomic E-state index is 13.9. The Morgan fingerprint density at radius 2 is 1.85 bits per heavy atom. The average Bonchev–Trinajstić information content (AvgIpc) is 2.59. The van der Waals surface area contributed by atoms with Crippen molar-refractivity contribution in [3.05, 3.63) is 70.7 Å². The number of pyridine rings is 1. The van der Waals surface area contributed by atoms with Crippen molar-refractivity contribution in [3.8, 4) is 6.07 Å². The zero-order valence-corrected chi connectivity index (χ0v) is 15.8. The van der Waals surface area contributed by atoms with E-state index in [1.54, 1.807) is 19.1 Å². The van der Waals surface area contributed by atoms with Gasteiger partial charge in [-0.1, -0.05) is 24.3 Å². The van der Waals surface area contributed by atoms with E-state index in [1.807, 2.05) is 12.1 Å². The molecular weight excluding hydrogens is 365 g/mol. The number of aromatic nitrogens is 1. The number of anilines is 1. The number of aryl methyl sites for hydroxylation is 1. The van der Waals surface area contributed by atoms with Crippen LogP contribution in [0, 0.1) is 24.1 Å². The molecule has 1 heterocycles. The molecule has 138 valence electrons. The Labute approximate surface area is 157 Å². The molecule has 3 aromatic rings. The van der Waals surface area contributed by atoms with Crippen molar-refractivity contribution in [1.29, 1.82) is 5.26 Å². The fourth-order valence-corrected chi connectivity index (χ4v) is 3.76. The molecule has 0 spiro atoms. The molecule has 0 radical (unpaired) electrons. The summed E-state index contributed by atoms with van der Waals surface area (Å²) in [5.74, 6) is -0.391. The molecule has 0 aliphatic carbocycles. The van der Waals surface area contributed by atoms with Crippen LogP contribution in [0.1, 0.15) is 22.3 Å². The van der Waals surface area contributed by atoms with Crippen LogP contribution in [0.15, 0.2) is 42.6 Å². The first-order chi connectivity index (χ1) is 12.8. The van der Waals surface area contributed by atoms with Crippen molar-refractivity contribution in [2.75, 3.05) is 11.6 Å². The maximum atomic E-state index is 13.9. The molecule has 2 aromatic carbocycles. The summed E-state index contributed by atoms with van der Waals surface area (Å²) >= 11 is 0. The van der Waals surface area contributed by atoms with E-state index in [1.165, 1.54) is 24.6 Å². The number of nitrogens with one attached hydrogen (secondary N) is 1. The van der Waals surface area contributed by atoms with Gasteiger partial charge in [-0.2, -0.15) is 5.26 Å². The summed E-state index contributed by atoms with van der Waals surface area (Å²) < 4.78 is 36.6. The van der Waals surface area contributed by atoms with Crippen LogP contribution in [-0.4, -0.2) is 19.7 Å².